The van der Waals surface area contributed by atoms with E-state index in [0.717, 1.165) is 35.9 Å². The molecule has 2 aromatic rings. The van der Waals surface area contributed by atoms with Crippen LogP contribution in [-0.4, -0.2) is 29.1 Å². The van der Waals surface area contributed by atoms with Crippen molar-refractivity contribution in [2.75, 3.05) is 13.2 Å². The Morgan fingerprint density at radius 1 is 1.12 bits per heavy atom. The van der Waals surface area contributed by atoms with Gasteiger partial charge in [0, 0.05) is 24.7 Å². The number of benzene rings is 2. The number of nitrogens with zero attached hydrogens (tertiary/aromatic N) is 1. The Balaban J connectivity index is 1.44. The zero-order chi connectivity index (χ0) is 22.7. The predicted molar refractivity (Wildman–Crippen MR) is 129 cm³/mol. The molecule has 2 atom stereocenters. The van der Waals surface area contributed by atoms with Gasteiger partial charge in [0.2, 0.25) is 0 Å². The standard InChI is InChI=1S/C28H38N2O2/c1-4-27-25-14-13-23(28(32)29-26(18-31)22-11-7-20(3)8-12-22)15-24(25)17-30(27)16-21-9-5-19(2)6-10-21/h7-8,11-15,19,21,26-27,31H,4-6,9-10,16-18H2,1-3H3,(H,29,32)/t19?,21?,26-,27-/m0/s1. The fourth-order valence-electron chi connectivity index (χ4n) is 5.52. The van der Waals surface area contributed by atoms with E-state index in [-0.39, 0.29) is 12.5 Å². The van der Waals surface area contributed by atoms with Crippen molar-refractivity contribution >= 4 is 5.91 Å². The Bertz CT molecular complexity index is 916. The summed E-state index contributed by atoms with van der Waals surface area (Å²) < 4.78 is 0. The van der Waals surface area contributed by atoms with E-state index in [2.05, 4.69) is 36.2 Å². The average Bonchev–Trinajstić information content (AvgIpc) is 3.15. The third kappa shape index (κ3) is 5.07. The summed E-state index contributed by atoms with van der Waals surface area (Å²) in [4.78, 5) is 15.6. The van der Waals surface area contributed by atoms with Crippen molar-refractivity contribution in [1.82, 2.24) is 10.2 Å². The van der Waals surface area contributed by atoms with Crippen LogP contribution in [0.25, 0.3) is 0 Å². The molecule has 1 aliphatic carbocycles. The molecule has 0 bridgehead atoms. The molecule has 0 radical (unpaired) electrons. The van der Waals surface area contributed by atoms with Crippen LogP contribution in [0.5, 0.6) is 0 Å². The highest BCUT2D eigenvalue weighted by Gasteiger charge is 2.32. The van der Waals surface area contributed by atoms with Gasteiger partial charge in [0.1, 0.15) is 0 Å². The smallest absolute Gasteiger partial charge is 0.251 e. The van der Waals surface area contributed by atoms with Crippen molar-refractivity contribution in [3.63, 3.8) is 0 Å². The fourth-order valence-corrected chi connectivity index (χ4v) is 5.52. The van der Waals surface area contributed by atoms with E-state index in [9.17, 15) is 9.90 Å². The molecule has 1 heterocycles. The summed E-state index contributed by atoms with van der Waals surface area (Å²) in [5.41, 5.74) is 5.42. The molecular weight excluding hydrogens is 396 g/mol. The molecule has 4 nitrogen and oxygen atoms in total. The van der Waals surface area contributed by atoms with Crippen LogP contribution in [0, 0.1) is 18.8 Å². The largest absolute Gasteiger partial charge is 0.394 e. The molecule has 2 N–H and O–H groups in total. The van der Waals surface area contributed by atoms with Crippen molar-refractivity contribution in [2.45, 2.75) is 71.5 Å². The number of carbonyl (C=O) groups excluding carboxylic acids is 1. The van der Waals surface area contributed by atoms with Crippen LogP contribution in [0.15, 0.2) is 42.5 Å². The summed E-state index contributed by atoms with van der Waals surface area (Å²) in [7, 11) is 0. The lowest BCUT2D eigenvalue weighted by Crippen LogP contribution is -2.30. The van der Waals surface area contributed by atoms with Gasteiger partial charge in [0.05, 0.1) is 12.6 Å². The van der Waals surface area contributed by atoms with Gasteiger partial charge in [-0.05, 0) is 66.8 Å². The van der Waals surface area contributed by atoms with Crippen molar-refractivity contribution < 1.29 is 9.90 Å². The molecule has 0 saturated heterocycles. The van der Waals surface area contributed by atoms with Gasteiger partial charge >= 0.3 is 0 Å². The Morgan fingerprint density at radius 2 is 1.84 bits per heavy atom. The number of hydrogen-bond donors (Lipinski definition) is 2. The van der Waals surface area contributed by atoms with Crippen molar-refractivity contribution in [2.24, 2.45) is 11.8 Å². The first-order valence-corrected chi connectivity index (χ1v) is 12.3. The predicted octanol–water partition coefficient (Wildman–Crippen LogP) is 5.55. The van der Waals surface area contributed by atoms with E-state index in [1.165, 1.54) is 43.4 Å². The molecule has 4 heteroatoms. The van der Waals surface area contributed by atoms with Crippen molar-refractivity contribution in [1.29, 1.82) is 0 Å². The maximum absolute atomic E-state index is 13.0. The highest BCUT2D eigenvalue weighted by atomic mass is 16.3. The summed E-state index contributed by atoms with van der Waals surface area (Å²) in [6.07, 6.45) is 6.51. The topological polar surface area (TPSA) is 52.6 Å². The van der Waals surface area contributed by atoms with E-state index in [0.29, 0.717) is 11.6 Å². The van der Waals surface area contributed by atoms with Gasteiger partial charge < -0.3 is 10.4 Å². The number of fused-ring (bicyclic) bond motifs is 1. The van der Waals surface area contributed by atoms with E-state index < -0.39 is 6.04 Å². The summed E-state index contributed by atoms with van der Waals surface area (Å²) in [6.45, 7) is 8.66. The minimum absolute atomic E-state index is 0.120. The van der Waals surface area contributed by atoms with Gasteiger partial charge in [-0.25, -0.2) is 0 Å². The first-order valence-electron chi connectivity index (χ1n) is 12.3. The van der Waals surface area contributed by atoms with Crippen LogP contribution in [0.2, 0.25) is 0 Å². The van der Waals surface area contributed by atoms with Gasteiger partial charge in [0.15, 0.2) is 0 Å². The van der Waals surface area contributed by atoms with E-state index in [4.69, 9.17) is 0 Å². The molecule has 1 saturated carbocycles. The quantitative estimate of drug-likeness (QED) is 0.601. The van der Waals surface area contributed by atoms with Crippen LogP contribution in [0.3, 0.4) is 0 Å². The van der Waals surface area contributed by atoms with Gasteiger partial charge in [0.25, 0.3) is 5.91 Å². The Hall–Kier alpha value is -2.17. The van der Waals surface area contributed by atoms with Gasteiger partial charge in [-0.3, -0.25) is 9.69 Å². The van der Waals surface area contributed by atoms with Gasteiger partial charge in [-0.1, -0.05) is 62.6 Å². The molecule has 1 amide bonds. The third-order valence-corrected chi connectivity index (χ3v) is 7.56. The zero-order valence-corrected chi connectivity index (χ0v) is 19.8. The lowest BCUT2D eigenvalue weighted by molar-refractivity contribution is 0.0916. The maximum atomic E-state index is 13.0. The molecule has 0 spiro atoms. The lowest BCUT2D eigenvalue weighted by Gasteiger charge is -2.32. The molecule has 0 unspecified atom stereocenters. The van der Waals surface area contributed by atoms with Crippen molar-refractivity contribution in [3.05, 3.63) is 70.3 Å². The number of hydrogen-bond acceptors (Lipinski definition) is 3. The molecule has 32 heavy (non-hydrogen) atoms. The molecule has 2 aromatic carbocycles. The Morgan fingerprint density at radius 3 is 2.50 bits per heavy atom. The number of amides is 1. The number of aliphatic hydroxyl groups is 1. The minimum atomic E-state index is -0.398. The second kappa shape index (κ2) is 10.2. The van der Waals surface area contributed by atoms with Crippen LogP contribution in [0.1, 0.15) is 90.6 Å². The van der Waals surface area contributed by atoms with E-state index >= 15 is 0 Å². The fraction of sp³-hybridized carbons (Fsp3) is 0.536. The minimum Gasteiger partial charge on any atom is -0.394 e. The van der Waals surface area contributed by atoms with Crippen molar-refractivity contribution in [3.8, 4) is 0 Å². The van der Waals surface area contributed by atoms with Crippen LogP contribution >= 0.6 is 0 Å². The lowest BCUT2D eigenvalue weighted by atomic mass is 9.82. The Kier molecular flexibility index (Phi) is 7.32. The second-order valence-corrected chi connectivity index (χ2v) is 10.0. The summed E-state index contributed by atoms with van der Waals surface area (Å²) in [5, 5.41) is 12.9. The molecular formula is C28H38N2O2. The molecule has 4 rings (SSSR count). The summed E-state index contributed by atoms with van der Waals surface area (Å²) >= 11 is 0. The average molecular weight is 435 g/mol. The van der Waals surface area contributed by atoms with E-state index in [1.54, 1.807) is 0 Å². The SMILES string of the molecule is CC[C@H]1c2ccc(C(=O)N[C@@H](CO)c3ccc(C)cc3)cc2CN1CC1CCC(C)CC1. The first-order chi connectivity index (χ1) is 15.5. The molecule has 2 aliphatic rings. The van der Waals surface area contributed by atoms with Crippen LogP contribution in [0.4, 0.5) is 0 Å². The normalized spacial score (nSPS) is 24.2. The highest BCUT2D eigenvalue weighted by Crippen LogP contribution is 2.39. The maximum Gasteiger partial charge on any atom is 0.251 e. The highest BCUT2D eigenvalue weighted by molar-refractivity contribution is 5.94. The molecule has 1 aliphatic heterocycles. The molecule has 1 fully saturated rings. The summed E-state index contributed by atoms with van der Waals surface area (Å²) in [5.74, 6) is 1.56. The number of rotatable bonds is 7. The number of aryl methyl sites for hydroxylation is 1. The molecule has 0 aromatic heterocycles. The Labute approximate surface area is 193 Å². The van der Waals surface area contributed by atoms with Crippen LogP contribution in [-0.2, 0) is 6.54 Å². The first kappa shape index (κ1) is 23.0. The van der Waals surface area contributed by atoms with E-state index in [1.807, 2.05) is 37.3 Å². The number of carbonyl (C=O) groups is 1. The third-order valence-electron chi connectivity index (χ3n) is 7.56. The zero-order valence-electron chi connectivity index (χ0n) is 19.8. The van der Waals surface area contributed by atoms with Crippen LogP contribution < -0.4 is 5.32 Å². The monoisotopic (exact) mass is 434 g/mol. The second-order valence-electron chi connectivity index (χ2n) is 10.0. The summed E-state index contributed by atoms with van der Waals surface area (Å²) in [6, 6.07) is 14.2. The van der Waals surface area contributed by atoms with Gasteiger partial charge in [-0.2, -0.15) is 0 Å². The number of nitrogens with one attached hydrogen (secondary N) is 1. The van der Waals surface area contributed by atoms with Gasteiger partial charge in [-0.15, -0.1) is 0 Å². The molecule has 172 valence electrons. The number of aliphatic hydroxyl groups excluding tert-OH is 1.